The van der Waals surface area contributed by atoms with Crippen LogP contribution in [0.1, 0.15) is 26.2 Å². The molecular formula is C8H16NO4P. The molecule has 0 aromatic carbocycles. The maximum absolute atomic E-state index is 10.7. The van der Waals surface area contributed by atoms with E-state index in [-0.39, 0.29) is 8.61 Å². The molecule has 0 aliphatic heterocycles. The number of aliphatic hydroxyl groups excluding tert-OH is 1. The van der Waals surface area contributed by atoms with E-state index in [4.69, 9.17) is 10.2 Å². The number of aliphatic hydroxyl groups is 1. The van der Waals surface area contributed by atoms with Crippen molar-refractivity contribution in [2.75, 3.05) is 13.2 Å². The molecule has 14 heavy (non-hydrogen) atoms. The van der Waals surface area contributed by atoms with Crippen molar-refractivity contribution in [3.63, 3.8) is 0 Å². The minimum atomic E-state index is -1.15. The Bertz CT molecular complexity index is 188. The summed E-state index contributed by atoms with van der Waals surface area (Å²) in [7, 11) is -0.347. The second-order valence-corrected chi connectivity index (χ2v) is 3.67. The molecule has 0 saturated heterocycles. The number of aliphatic carboxylic acids is 1. The van der Waals surface area contributed by atoms with Gasteiger partial charge < -0.3 is 10.2 Å². The summed E-state index contributed by atoms with van der Waals surface area (Å²) in [4.78, 5) is 10.6. The average Bonchev–Trinajstić information content (AvgIpc) is 2.16. The van der Waals surface area contributed by atoms with Gasteiger partial charge in [0.05, 0.1) is 6.61 Å². The van der Waals surface area contributed by atoms with Crippen LogP contribution in [0.4, 0.5) is 0 Å². The number of carbonyl (C=O) groups is 1. The van der Waals surface area contributed by atoms with Gasteiger partial charge in [0, 0.05) is 6.54 Å². The van der Waals surface area contributed by atoms with Crippen LogP contribution in [0.3, 0.4) is 0 Å². The van der Waals surface area contributed by atoms with E-state index in [1.165, 1.54) is 4.67 Å². The van der Waals surface area contributed by atoms with E-state index in [2.05, 4.69) is 0 Å². The zero-order chi connectivity index (χ0) is 11.0. The summed E-state index contributed by atoms with van der Waals surface area (Å²) in [5.74, 6) is -1.15. The van der Waals surface area contributed by atoms with Crippen molar-refractivity contribution in [2.45, 2.75) is 32.2 Å². The van der Waals surface area contributed by atoms with Crippen molar-refractivity contribution in [1.82, 2.24) is 4.67 Å². The van der Waals surface area contributed by atoms with Crippen molar-refractivity contribution in [2.24, 2.45) is 0 Å². The van der Waals surface area contributed by atoms with Crippen molar-refractivity contribution >= 4 is 14.6 Å². The average molecular weight is 221 g/mol. The Kier molecular flexibility index (Phi) is 7.57. The summed E-state index contributed by atoms with van der Waals surface area (Å²) >= 11 is 0. The van der Waals surface area contributed by atoms with E-state index in [0.29, 0.717) is 6.54 Å². The van der Waals surface area contributed by atoms with Gasteiger partial charge in [0.1, 0.15) is 6.04 Å². The number of unbranched alkanes of at least 4 members (excludes halogenated alkanes) is 2. The third-order valence-corrected chi connectivity index (χ3v) is 2.60. The highest BCUT2D eigenvalue weighted by molar-refractivity contribution is 7.20. The number of carboxylic acid groups (broad SMARTS) is 1. The van der Waals surface area contributed by atoms with Gasteiger partial charge in [-0.25, -0.2) is 4.67 Å². The second kappa shape index (κ2) is 7.85. The molecule has 0 spiro atoms. The van der Waals surface area contributed by atoms with Gasteiger partial charge >= 0.3 is 5.97 Å². The first kappa shape index (κ1) is 13.5. The van der Waals surface area contributed by atoms with Crippen LogP contribution in [0.25, 0.3) is 0 Å². The lowest BCUT2D eigenvalue weighted by molar-refractivity contribution is -0.142. The van der Waals surface area contributed by atoms with Gasteiger partial charge in [0.25, 0.3) is 0 Å². The van der Waals surface area contributed by atoms with E-state index >= 15 is 0 Å². The molecule has 0 aliphatic rings. The van der Waals surface area contributed by atoms with Crippen LogP contribution in [0.15, 0.2) is 0 Å². The minimum Gasteiger partial charge on any atom is -0.480 e. The first-order valence-electron chi connectivity index (χ1n) is 4.60. The summed E-state index contributed by atoms with van der Waals surface area (Å²) in [6.45, 7) is 1.94. The number of carboxylic acids is 1. The van der Waals surface area contributed by atoms with Gasteiger partial charge in [0.2, 0.25) is 8.61 Å². The minimum absolute atomic E-state index is 0.347. The van der Waals surface area contributed by atoms with Gasteiger partial charge in [-0.2, -0.15) is 0 Å². The molecule has 0 aromatic heterocycles. The van der Waals surface area contributed by atoms with Crippen LogP contribution in [0.5, 0.6) is 0 Å². The topological polar surface area (TPSA) is 77.8 Å². The molecule has 82 valence electrons. The van der Waals surface area contributed by atoms with E-state index in [1.807, 2.05) is 6.92 Å². The third kappa shape index (κ3) is 4.65. The number of hydrogen-bond acceptors (Lipinski definition) is 3. The Labute approximate surface area is 85.0 Å². The van der Waals surface area contributed by atoms with Crippen LogP contribution in [-0.2, 0) is 9.36 Å². The van der Waals surface area contributed by atoms with Crippen LogP contribution in [0.2, 0.25) is 0 Å². The molecule has 0 fully saturated rings. The molecule has 0 heterocycles. The Hall–Kier alpha value is -0.510. The molecule has 0 aliphatic carbocycles. The summed E-state index contributed by atoms with van der Waals surface area (Å²) in [6.07, 6.45) is 2.76. The SMILES string of the molecule is CCCCCN(P=O)C(CO)C(=O)O. The highest BCUT2D eigenvalue weighted by Crippen LogP contribution is 2.13. The lowest BCUT2D eigenvalue weighted by Gasteiger charge is -2.19. The van der Waals surface area contributed by atoms with E-state index in [9.17, 15) is 9.36 Å². The van der Waals surface area contributed by atoms with Crippen molar-refractivity contribution in [3.05, 3.63) is 0 Å². The van der Waals surface area contributed by atoms with E-state index < -0.39 is 18.6 Å². The molecule has 0 amide bonds. The van der Waals surface area contributed by atoms with Crippen LogP contribution in [-0.4, -0.2) is 40.0 Å². The molecule has 1 unspecified atom stereocenters. The molecular weight excluding hydrogens is 205 g/mol. The normalized spacial score (nSPS) is 13.4. The Balaban J connectivity index is 4.08. The van der Waals surface area contributed by atoms with Gasteiger partial charge in [-0.15, -0.1) is 0 Å². The van der Waals surface area contributed by atoms with Crippen LogP contribution >= 0.6 is 8.61 Å². The first-order chi connectivity index (χ1) is 6.67. The fraction of sp³-hybridized carbons (Fsp3) is 0.875. The third-order valence-electron chi connectivity index (χ3n) is 1.91. The van der Waals surface area contributed by atoms with Gasteiger partial charge in [0.15, 0.2) is 0 Å². The maximum Gasteiger partial charge on any atom is 0.324 e. The number of hydrogen-bond donors (Lipinski definition) is 2. The fourth-order valence-corrected chi connectivity index (χ4v) is 1.59. The quantitative estimate of drug-likeness (QED) is 0.474. The molecule has 0 aromatic rings. The van der Waals surface area contributed by atoms with Gasteiger partial charge in [-0.3, -0.25) is 9.36 Å². The molecule has 1 atom stereocenters. The predicted molar refractivity (Wildman–Crippen MR) is 52.3 cm³/mol. The summed E-state index contributed by atoms with van der Waals surface area (Å²) in [6, 6.07) is -1.06. The molecule has 0 rings (SSSR count). The summed E-state index contributed by atoms with van der Waals surface area (Å²) in [5, 5.41) is 17.5. The zero-order valence-corrected chi connectivity index (χ0v) is 9.11. The molecule has 0 bridgehead atoms. The Morgan fingerprint density at radius 2 is 2.14 bits per heavy atom. The standard InChI is InChI=1S/C8H16NO4P/c1-2-3-4-5-9(14-13)7(6-10)8(11)12/h7,10H,2-6H2,1H3,(H,11,12). The predicted octanol–water partition coefficient (Wildman–Crippen LogP) is 1.13. The summed E-state index contributed by atoms with van der Waals surface area (Å²) in [5.41, 5.74) is 0. The molecule has 0 radical (unpaired) electrons. The number of nitrogens with zero attached hydrogens (tertiary/aromatic N) is 1. The largest absolute Gasteiger partial charge is 0.480 e. The highest BCUT2D eigenvalue weighted by Gasteiger charge is 2.24. The van der Waals surface area contributed by atoms with Crippen molar-refractivity contribution in [3.8, 4) is 0 Å². The lowest BCUT2D eigenvalue weighted by Crippen LogP contribution is -2.38. The van der Waals surface area contributed by atoms with Crippen molar-refractivity contribution in [1.29, 1.82) is 0 Å². The van der Waals surface area contributed by atoms with Gasteiger partial charge in [-0.1, -0.05) is 19.8 Å². The van der Waals surface area contributed by atoms with Crippen LogP contribution in [0, 0.1) is 0 Å². The smallest absolute Gasteiger partial charge is 0.324 e. The molecule has 6 heteroatoms. The molecule has 0 saturated carbocycles. The number of rotatable bonds is 8. The highest BCUT2D eigenvalue weighted by atomic mass is 31.1. The van der Waals surface area contributed by atoms with E-state index in [0.717, 1.165) is 19.3 Å². The van der Waals surface area contributed by atoms with Crippen LogP contribution < -0.4 is 0 Å². The fourth-order valence-electron chi connectivity index (χ4n) is 1.08. The second-order valence-electron chi connectivity index (χ2n) is 2.99. The first-order valence-corrected chi connectivity index (χ1v) is 5.37. The van der Waals surface area contributed by atoms with E-state index in [1.54, 1.807) is 0 Å². The molecule has 5 nitrogen and oxygen atoms in total. The van der Waals surface area contributed by atoms with Gasteiger partial charge in [-0.05, 0) is 6.42 Å². The monoisotopic (exact) mass is 221 g/mol. The Morgan fingerprint density at radius 1 is 1.50 bits per heavy atom. The maximum atomic E-state index is 10.7. The van der Waals surface area contributed by atoms with Crippen molar-refractivity contribution < 1.29 is 19.6 Å². The lowest BCUT2D eigenvalue weighted by atomic mass is 10.2. The zero-order valence-electron chi connectivity index (χ0n) is 8.22. The summed E-state index contributed by atoms with van der Waals surface area (Å²) < 4.78 is 11.9. The Morgan fingerprint density at radius 3 is 2.50 bits per heavy atom. The molecule has 2 N–H and O–H groups in total.